The van der Waals surface area contributed by atoms with Crippen molar-refractivity contribution < 1.29 is 0 Å². The van der Waals surface area contributed by atoms with E-state index in [2.05, 4.69) is 55.4 Å². The van der Waals surface area contributed by atoms with Crippen LogP contribution in [0.25, 0.3) is 0 Å². The zero-order valence-electron chi connectivity index (χ0n) is 14.1. The number of aryl methyl sites for hydroxylation is 1. The second kappa shape index (κ2) is 8.55. The Hall–Kier alpha value is -0.860. The van der Waals surface area contributed by atoms with Gasteiger partial charge < -0.3 is 5.32 Å². The molecule has 1 aliphatic rings. The maximum atomic E-state index is 3.44. The van der Waals surface area contributed by atoms with Crippen LogP contribution in [0.3, 0.4) is 0 Å². The molecule has 2 atom stereocenters. The first-order valence-corrected chi connectivity index (χ1v) is 8.78. The Morgan fingerprint density at radius 1 is 1.19 bits per heavy atom. The summed E-state index contributed by atoms with van der Waals surface area (Å²) in [5.74, 6) is 0.733. The average Bonchev–Trinajstić information content (AvgIpc) is 2.70. The van der Waals surface area contributed by atoms with Crippen LogP contribution in [-0.4, -0.2) is 31.6 Å². The molecule has 1 saturated heterocycles. The third-order valence-corrected chi connectivity index (χ3v) is 4.84. The monoisotopic (exact) mass is 288 g/mol. The first-order chi connectivity index (χ1) is 10.3. The summed E-state index contributed by atoms with van der Waals surface area (Å²) >= 11 is 0. The van der Waals surface area contributed by atoms with Crippen molar-refractivity contribution >= 4 is 0 Å². The topological polar surface area (TPSA) is 15.3 Å². The van der Waals surface area contributed by atoms with Crippen LogP contribution in [-0.2, 0) is 6.42 Å². The Bertz CT molecular complexity index is 400. The minimum absolute atomic E-state index is 0.594. The molecule has 0 radical (unpaired) electrons. The van der Waals surface area contributed by atoms with Gasteiger partial charge in [0, 0.05) is 6.04 Å². The molecule has 21 heavy (non-hydrogen) atoms. The van der Waals surface area contributed by atoms with E-state index in [-0.39, 0.29) is 0 Å². The van der Waals surface area contributed by atoms with Gasteiger partial charge in [0.05, 0.1) is 0 Å². The van der Waals surface area contributed by atoms with E-state index in [1.54, 1.807) is 5.56 Å². The van der Waals surface area contributed by atoms with Crippen LogP contribution in [0, 0.1) is 5.92 Å². The number of benzene rings is 1. The van der Waals surface area contributed by atoms with Crippen molar-refractivity contribution in [2.24, 2.45) is 5.92 Å². The predicted octanol–water partition coefficient (Wildman–Crippen LogP) is 4.02. The van der Waals surface area contributed by atoms with Crippen LogP contribution in [0.15, 0.2) is 24.3 Å². The largest absolute Gasteiger partial charge is 0.319 e. The molecule has 1 N–H and O–H groups in total. The van der Waals surface area contributed by atoms with E-state index in [9.17, 15) is 0 Å². The van der Waals surface area contributed by atoms with E-state index < -0.39 is 0 Å². The second-order valence-corrected chi connectivity index (χ2v) is 6.35. The Labute approximate surface area is 130 Å². The van der Waals surface area contributed by atoms with Crippen molar-refractivity contribution in [3.8, 4) is 0 Å². The lowest BCUT2D eigenvalue weighted by Crippen LogP contribution is -2.37. The summed E-state index contributed by atoms with van der Waals surface area (Å²) in [6.45, 7) is 8.20. The number of likely N-dealkylation sites (tertiary alicyclic amines) is 1. The predicted molar refractivity (Wildman–Crippen MR) is 91.7 cm³/mol. The summed E-state index contributed by atoms with van der Waals surface area (Å²) in [7, 11) is 2.10. The highest BCUT2D eigenvalue weighted by molar-refractivity contribution is 5.31. The zero-order chi connectivity index (χ0) is 15.1. The van der Waals surface area contributed by atoms with Gasteiger partial charge in [-0.15, -0.1) is 0 Å². The fourth-order valence-corrected chi connectivity index (χ4v) is 3.93. The van der Waals surface area contributed by atoms with Crippen LogP contribution >= 0.6 is 0 Å². The van der Waals surface area contributed by atoms with E-state index in [0.717, 1.165) is 18.9 Å². The average molecular weight is 288 g/mol. The molecule has 0 aliphatic carbocycles. The zero-order valence-corrected chi connectivity index (χ0v) is 14.1. The highest BCUT2D eigenvalue weighted by Crippen LogP contribution is 2.36. The first-order valence-electron chi connectivity index (χ1n) is 8.78. The molecular weight excluding hydrogens is 256 g/mol. The lowest BCUT2D eigenvalue weighted by Gasteiger charge is -2.36. The van der Waals surface area contributed by atoms with E-state index in [0.29, 0.717) is 6.04 Å². The molecule has 2 nitrogen and oxygen atoms in total. The van der Waals surface area contributed by atoms with Crippen molar-refractivity contribution in [2.75, 3.05) is 26.7 Å². The summed E-state index contributed by atoms with van der Waals surface area (Å²) in [5, 5.41) is 3.44. The number of hydrogen-bond acceptors (Lipinski definition) is 2. The van der Waals surface area contributed by atoms with Gasteiger partial charge in [-0.3, -0.25) is 4.90 Å². The maximum Gasteiger partial charge on any atom is 0.0391 e. The fraction of sp³-hybridized carbons (Fsp3) is 0.684. The standard InChI is InChI=1S/C19H32N2/c1-4-13-21-14-9-8-11-17(15-20-3)19(21)18-12-7-6-10-16(18)5-2/h6-7,10,12,17,19-20H,4-5,8-9,11,13-15H2,1-3H3. The van der Waals surface area contributed by atoms with Gasteiger partial charge in [0.1, 0.15) is 0 Å². The van der Waals surface area contributed by atoms with Crippen LogP contribution in [0.5, 0.6) is 0 Å². The summed E-state index contributed by atoms with van der Waals surface area (Å²) in [4.78, 5) is 2.75. The molecule has 1 heterocycles. The Kier molecular flexibility index (Phi) is 6.72. The van der Waals surface area contributed by atoms with Gasteiger partial charge in [0.25, 0.3) is 0 Å². The van der Waals surface area contributed by atoms with Crippen LogP contribution in [0.4, 0.5) is 0 Å². The van der Waals surface area contributed by atoms with E-state index in [4.69, 9.17) is 0 Å². The third-order valence-electron chi connectivity index (χ3n) is 4.84. The molecule has 1 aromatic rings. The minimum Gasteiger partial charge on any atom is -0.319 e. The maximum absolute atomic E-state index is 3.44. The van der Waals surface area contributed by atoms with E-state index in [1.807, 2.05) is 0 Å². The molecule has 0 amide bonds. The van der Waals surface area contributed by atoms with Gasteiger partial charge in [-0.2, -0.15) is 0 Å². The quantitative estimate of drug-likeness (QED) is 0.850. The molecule has 1 aliphatic heterocycles. The molecule has 118 valence electrons. The SMILES string of the molecule is CCCN1CCCCC(CNC)C1c1ccccc1CC. The number of hydrogen-bond donors (Lipinski definition) is 1. The first kappa shape index (κ1) is 16.5. The van der Waals surface area contributed by atoms with Crippen molar-refractivity contribution in [3.63, 3.8) is 0 Å². The summed E-state index contributed by atoms with van der Waals surface area (Å²) in [5.41, 5.74) is 3.11. The van der Waals surface area contributed by atoms with Gasteiger partial charge in [-0.05, 0) is 69.4 Å². The van der Waals surface area contributed by atoms with Crippen molar-refractivity contribution in [1.82, 2.24) is 10.2 Å². The van der Waals surface area contributed by atoms with Crippen LogP contribution < -0.4 is 5.32 Å². The van der Waals surface area contributed by atoms with E-state index >= 15 is 0 Å². The number of nitrogens with one attached hydrogen (secondary N) is 1. The van der Waals surface area contributed by atoms with Gasteiger partial charge in [0.2, 0.25) is 0 Å². The van der Waals surface area contributed by atoms with Gasteiger partial charge >= 0.3 is 0 Å². The number of rotatable bonds is 6. The molecular formula is C19H32N2. The highest BCUT2D eigenvalue weighted by Gasteiger charge is 2.31. The molecule has 2 unspecified atom stereocenters. The van der Waals surface area contributed by atoms with Gasteiger partial charge in [0.15, 0.2) is 0 Å². The smallest absolute Gasteiger partial charge is 0.0391 e. The fourth-order valence-electron chi connectivity index (χ4n) is 3.93. The normalized spacial score (nSPS) is 24.0. The number of nitrogens with zero attached hydrogens (tertiary/aromatic N) is 1. The van der Waals surface area contributed by atoms with Crippen LogP contribution in [0.2, 0.25) is 0 Å². The molecule has 2 heteroatoms. The lowest BCUT2D eigenvalue weighted by atomic mass is 9.86. The third kappa shape index (κ3) is 4.08. The van der Waals surface area contributed by atoms with Gasteiger partial charge in [-0.1, -0.05) is 44.5 Å². The van der Waals surface area contributed by atoms with Crippen molar-refractivity contribution in [2.45, 2.75) is 52.0 Å². The summed E-state index contributed by atoms with van der Waals surface area (Å²) < 4.78 is 0. The van der Waals surface area contributed by atoms with Crippen molar-refractivity contribution in [1.29, 1.82) is 0 Å². The molecule has 0 saturated carbocycles. The van der Waals surface area contributed by atoms with Crippen molar-refractivity contribution in [3.05, 3.63) is 35.4 Å². The molecule has 0 aromatic heterocycles. The van der Waals surface area contributed by atoms with E-state index in [1.165, 1.54) is 44.3 Å². The second-order valence-electron chi connectivity index (χ2n) is 6.35. The lowest BCUT2D eigenvalue weighted by molar-refractivity contribution is 0.154. The molecule has 1 aromatic carbocycles. The Balaban J connectivity index is 2.37. The highest BCUT2D eigenvalue weighted by atomic mass is 15.2. The molecule has 1 fully saturated rings. The summed E-state index contributed by atoms with van der Waals surface area (Å²) in [6, 6.07) is 9.70. The molecule has 2 rings (SSSR count). The molecule has 0 spiro atoms. The van der Waals surface area contributed by atoms with Gasteiger partial charge in [-0.25, -0.2) is 0 Å². The van der Waals surface area contributed by atoms with Crippen LogP contribution in [0.1, 0.15) is 56.7 Å². The molecule has 0 bridgehead atoms. The Morgan fingerprint density at radius 3 is 2.71 bits per heavy atom. The Morgan fingerprint density at radius 2 is 2.00 bits per heavy atom. The minimum atomic E-state index is 0.594. The summed E-state index contributed by atoms with van der Waals surface area (Å²) in [6.07, 6.45) is 6.46.